The van der Waals surface area contributed by atoms with E-state index in [0.29, 0.717) is 108 Å². The van der Waals surface area contributed by atoms with Gasteiger partial charge in [0.2, 0.25) is 5.28 Å². The molecule has 12 N–H and O–H groups in total. The summed E-state index contributed by atoms with van der Waals surface area (Å²) in [6.45, 7) is 55.3. The molecule has 0 bridgehead atoms. The van der Waals surface area contributed by atoms with Gasteiger partial charge in [-0.25, -0.2) is 29.9 Å². The van der Waals surface area contributed by atoms with Crippen LogP contribution in [0.5, 0.6) is 0 Å². The maximum Gasteiger partial charge on any atom is 0.312 e. The van der Waals surface area contributed by atoms with Crippen LogP contribution in [-0.4, -0.2) is 156 Å². The number of rotatable bonds is 16. The quantitative estimate of drug-likeness (QED) is 0.0316. The van der Waals surface area contributed by atoms with Crippen LogP contribution in [0.15, 0.2) is 38.0 Å². The smallest absolute Gasteiger partial charge is 0.312 e. The fourth-order valence-electron chi connectivity index (χ4n) is 11.6. The zero-order valence-corrected chi connectivity index (χ0v) is 67.6. The maximum atomic E-state index is 13.4. The van der Waals surface area contributed by atoms with Gasteiger partial charge in [0.25, 0.3) is 0 Å². The predicted octanol–water partition coefficient (Wildman–Crippen LogP) is 16.6. The Bertz CT molecular complexity index is 4540. The Balaban J connectivity index is 0.000000181. The Morgan fingerprint density at radius 3 is 0.713 bits per heavy atom. The van der Waals surface area contributed by atoms with Gasteiger partial charge in [-0.1, -0.05) is 166 Å². The number of nitrogens with zero attached hydrogens (tertiary/aromatic N) is 18. The lowest BCUT2D eigenvalue weighted by molar-refractivity contribution is 0.279. The molecule has 6 atom stereocenters. The van der Waals surface area contributed by atoms with E-state index in [0.717, 1.165) is 18.4 Å². The Kier molecular flexibility index (Phi) is 27.6. The zero-order chi connectivity index (χ0) is 80.3. The lowest BCUT2D eigenvalue weighted by Crippen LogP contribution is -2.38. The summed E-state index contributed by atoms with van der Waals surface area (Å²) in [6, 6.07) is 1.10. The predicted molar refractivity (Wildman–Crippen MR) is 418 cm³/mol. The van der Waals surface area contributed by atoms with Gasteiger partial charge in [0.1, 0.15) is 33.1 Å². The average molecular weight is 1520 g/mol. The first-order valence-electron chi connectivity index (χ1n) is 35.9. The van der Waals surface area contributed by atoms with Crippen molar-refractivity contribution >= 4 is 113 Å². The van der Waals surface area contributed by atoms with Crippen molar-refractivity contribution in [2.24, 2.45) is 44.3 Å². The van der Waals surface area contributed by atoms with Crippen LogP contribution in [0.2, 0.25) is 5.28 Å². The molecule has 0 amide bonds. The van der Waals surface area contributed by atoms with Crippen molar-refractivity contribution in [3.63, 3.8) is 0 Å². The molecule has 12 rings (SSSR count). The average Bonchev–Trinajstić information content (AvgIpc) is 1.57. The molecule has 0 spiro atoms. The molecule has 12 heterocycles. The van der Waals surface area contributed by atoms with Crippen LogP contribution in [0.1, 0.15) is 193 Å². The highest BCUT2D eigenvalue weighted by atomic mass is 35.5. The zero-order valence-electron chi connectivity index (χ0n) is 66.8. The lowest BCUT2D eigenvalue weighted by Gasteiger charge is -2.35. The molecule has 12 aromatic heterocycles. The number of H-pyrrole nitrogens is 6. The SMILES string of the molecule is CC(C)[C@@H](Nc1nc(F)nc2nc[nH]c12)C(C)(C)C.CC(C)[C@H](Nc1nc(F)nc2nc[nH]c12)C(C)(C)C.CC[C@@H](Nc1nc(F)nc2nc[nH]c12)C(C)(C)C.CC[C@H](Nc1nc(F)nc2nc[nH]c12)C(C)(C)C.C[C@@H](Nc1nc(Cl)nc2nc[nH]c12)C(C)(C)C.C[C@H](Nc1nc(F)nc2nc[nH]c12)C(C)(C)C. The van der Waals surface area contributed by atoms with E-state index in [4.69, 9.17) is 11.6 Å². The summed E-state index contributed by atoms with van der Waals surface area (Å²) in [5.74, 6) is 3.79. The second-order valence-corrected chi connectivity index (χ2v) is 33.9. The van der Waals surface area contributed by atoms with Crippen molar-refractivity contribution in [3.05, 3.63) is 73.6 Å². The topological polar surface area (TPSA) is 399 Å². The van der Waals surface area contributed by atoms with Crippen LogP contribution in [-0.2, 0) is 0 Å². The summed E-state index contributed by atoms with van der Waals surface area (Å²) < 4.78 is 66.6. The molecule has 0 radical (unpaired) electrons. The maximum absolute atomic E-state index is 13.4. The molecule has 0 saturated heterocycles. The van der Waals surface area contributed by atoms with Gasteiger partial charge >= 0.3 is 30.4 Å². The molecule has 0 aliphatic rings. The summed E-state index contributed by atoms with van der Waals surface area (Å²) in [5, 5.41) is 19.9. The van der Waals surface area contributed by atoms with Crippen molar-refractivity contribution < 1.29 is 22.0 Å². The van der Waals surface area contributed by atoms with E-state index in [9.17, 15) is 22.0 Å². The molecule has 588 valence electrons. The minimum Gasteiger partial charge on any atom is -0.365 e. The molecule has 36 heteroatoms. The van der Waals surface area contributed by atoms with E-state index < -0.39 is 30.4 Å². The number of fused-ring (bicyclic) bond motifs is 6. The van der Waals surface area contributed by atoms with Gasteiger partial charge in [0, 0.05) is 36.3 Å². The van der Waals surface area contributed by atoms with E-state index in [1.54, 1.807) is 6.33 Å². The monoisotopic (exact) mass is 1520 g/mol. The number of imidazole rings is 6. The molecule has 30 nitrogen and oxygen atoms in total. The lowest BCUT2D eigenvalue weighted by atomic mass is 9.80. The standard InChI is InChI=1S/2C13H20FN5.2C12H18FN5.C11H16ClN5.C11H16FN5/c2*1-7(2)9(13(3,4)5)17-11-8-10(16-6-15-8)18-12(14)19-11;2*1-5-7(12(2,3)4)16-10-8-9(15-6-14-8)17-11(13)18-10;2*1-6(11(2,3)4)15-9-7-8(14-5-13-7)16-10(12)17-9/h2*6-7,9H,1-5H3,(H2,15,16,17,18,19);2*6-7H,5H2,1-4H3,(H2,14,15,16,17,18);2*5-6H,1-4H3,(H2,13,14,15,16,17)/t2*9-;2*7-;2*6-/m101010/s1. The summed E-state index contributed by atoms with van der Waals surface area (Å²) in [4.78, 5) is 87.0. The molecule has 0 saturated carbocycles. The van der Waals surface area contributed by atoms with Crippen molar-refractivity contribution in [1.29, 1.82) is 0 Å². The van der Waals surface area contributed by atoms with Crippen LogP contribution in [0.25, 0.3) is 67.0 Å². The Morgan fingerprint density at radius 1 is 0.296 bits per heavy atom. The molecule has 0 aromatic carbocycles. The number of hydrogen-bond donors (Lipinski definition) is 12. The van der Waals surface area contributed by atoms with Crippen molar-refractivity contribution in [2.75, 3.05) is 31.9 Å². The highest BCUT2D eigenvalue weighted by Gasteiger charge is 2.32. The number of aromatic nitrogens is 24. The molecule has 0 aliphatic carbocycles. The third-order valence-corrected chi connectivity index (χ3v) is 18.3. The molecular formula is C72H108ClF5N30. The van der Waals surface area contributed by atoms with Crippen LogP contribution in [0, 0.1) is 74.7 Å². The van der Waals surface area contributed by atoms with E-state index in [1.807, 2.05) is 6.92 Å². The first kappa shape index (κ1) is 85.3. The highest BCUT2D eigenvalue weighted by Crippen LogP contribution is 2.34. The first-order chi connectivity index (χ1) is 50.2. The van der Waals surface area contributed by atoms with Crippen molar-refractivity contribution in [3.8, 4) is 0 Å². The molecule has 0 aliphatic heterocycles. The van der Waals surface area contributed by atoms with E-state index in [1.165, 1.54) is 31.6 Å². The summed E-state index contributed by atoms with van der Waals surface area (Å²) >= 11 is 5.86. The molecule has 0 fully saturated rings. The molecular weight excluding hydrogens is 1420 g/mol. The fraction of sp³-hybridized carbons (Fsp3) is 0.583. The van der Waals surface area contributed by atoms with Crippen LogP contribution in [0.3, 0.4) is 0 Å². The van der Waals surface area contributed by atoms with Gasteiger partial charge in [-0.05, 0) is 82.6 Å². The number of anilines is 6. The second-order valence-electron chi connectivity index (χ2n) is 33.5. The van der Waals surface area contributed by atoms with E-state index in [2.05, 4.69) is 325 Å². The number of halogens is 6. The third kappa shape index (κ3) is 23.0. The van der Waals surface area contributed by atoms with Crippen LogP contribution < -0.4 is 31.9 Å². The van der Waals surface area contributed by atoms with Crippen molar-refractivity contribution in [2.45, 2.75) is 229 Å². The van der Waals surface area contributed by atoms with Gasteiger partial charge in [0.15, 0.2) is 68.8 Å². The van der Waals surface area contributed by atoms with E-state index in [-0.39, 0.29) is 74.0 Å². The largest absolute Gasteiger partial charge is 0.365 e. The van der Waals surface area contributed by atoms with E-state index >= 15 is 0 Å². The summed E-state index contributed by atoms with van der Waals surface area (Å²) in [6.07, 6.45) is 7.04. The van der Waals surface area contributed by atoms with Gasteiger partial charge in [0.05, 0.1) is 38.0 Å². The first-order valence-corrected chi connectivity index (χ1v) is 36.3. The summed E-state index contributed by atoms with van der Waals surface area (Å²) in [5.41, 5.74) is 6.58. The normalized spacial score (nSPS) is 13.9. The summed E-state index contributed by atoms with van der Waals surface area (Å²) in [7, 11) is 0. The minimum absolute atomic E-state index is 0.0297. The van der Waals surface area contributed by atoms with Crippen LogP contribution in [0.4, 0.5) is 56.9 Å². The number of aromatic amines is 6. The minimum atomic E-state index is -0.770. The highest BCUT2D eigenvalue weighted by molar-refractivity contribution is 6.28. The van der Waals surface area contributed by atoms with Gasteiger partial charge in [-0.2, -0.15) is 81.8 Å². The number of nitrogens with one attached hydrogen (secondary N) is 12. The molecule has 108 heavy (non-hydrogen) atoms. The Morgan fingerprint density at radius 2 is 0.509 bits per heavy atom. The van der Waals surface area contributed by atoms with Crippen LogP contribution >= 0.6 is 11.6 Å². The Hall–Kier alpha value is -9.96. The number of hydrogen-bond acceptors (Lipinski definition) is 24. The van der Waals surface area contributed by atoms with Crippen molar-refractivity contribution in [1.82, 2.24) is 120 Å². The molecule has 12 aromatic rings. The van der Waals surface area contributed by atoms with Gasteiger partial charge in [-0.15, -0.1) is 0 Å². The third-order valence-electron chi connectivity index (χ3n) is 18.2. The van der Waals surface area contributed by atoms with Gasteiger partial charge < -0.3 is 61.8 Å². The Labute approximate surface area is 631 Å². The fourth-order valence-corrected chi connectivity index (χ4v) is 11.7. The van der Waals surface area contributed by atoms with Gasteiger partial charge in [-0.3, -0.25) is 0 Å². The molecule has 0 unspecified atom stereocenters. The second kappa shape index (κ2) is 34.9.